The molecule has 0 radical (unpaired) electrons. The van der Waals surface area contributed by atoms with Crippen molar-refractivity contribution in [2.45, 2.75) is 109 Å². The molecule has 7 heteroatoms. The number of hydrogen-bond acceptors (Lipinski definition) is 5. The van der Waals surface area contributed by atoms with Crippen LogP contribution in [0.25, 0.3) is 0 Å². The van der Waals surface area contributed by atoms with Gasteiger partial charge in [-0.25, -0.2) is 4.39 Å². The molecule has 0 saturated carbocycles. The van der Waals surface area contributed by atoms with Crippen LogP contribution in [0.15, 0.2) is 42.5 Å². The van der Waals surface area contributed by atoms with Crippen molar-refractivity contribution in [3.63, 3.8) is 0 Å². The summed E-state index contributed by atoms with van der Waals surface area (Å²) in [6.45, 7) is 5.03. The molecule has 1 aliphatic heterocycles. The lowest BCUT2D eigenvalue weighted by atomic mass is 9.73. The molecule has 0 bridgehead atoms. The summed E-state index contributed by atoms with van der Waals surface area (Å²) in [7, 11) is 3.28. The van der Waals surface area contributed by atoms with Crippen molar-refractivity contribution in [3.8, 4) is 17.6 Å². The maximum absolute atomic E-state index is 13.3. The molecule has 5 nitrogen and oxygen atoms in total. The second-order valence-corrected chi connectivity index (χ2v) is 12.3. The van der Waals surface area contributed by atoms with E-state index in [1.54, 1.807) is 26.4 Å². The van der Waals surface area contributed by atoms with Crippen LogP contribution < -0.4 is 9.47 Å². The maximum atomic E-state index is 13.3. The van der Waals surface area contributed by atoms with Gasteiger partial charge in [-0.2, -0.15) is 5.26 Å². The number of nitriles is 1. The maximum Gasteiger partial charge on any atom is 0.166 e. The minimum absolute atomic E-state index is 0. The van der Waals surface area contributed by atoms with Gasteiger partial charge in [-0.1, -0.05) is 77.2 Å². The first-order valence-electron chi connectivity index (χ1n) is 16.6. The Kier molecular flexibility index (Phi) is 17.4. The van der Waals surface area contributed by atoms with Crippen LogP contribution in [0.4, 0.5) is 4.39 Å². The van der Waals surface area contributed by atoms with E-state index in [0.29, 0.717) is 17.1 Å². The monoisotopic (exact) mass is 628 g/mol. The van der Waals surface area contributed by atoms with Crippen molar-refractivity contribution < 1.29 is 18.7 Å². The summed E-state index contributed by atoms with van der Waals surface area (Å²) < 4.78 is 24.3. The fourth-order valence-corrected chi connectivity index (χ4v) is 6.49. The van der Waals surface area contributed by atoms with Crippen LogP contribution in [0.2, 0.25) is 0 Å². The first kappa shape index (κ1) is 37.6. The lowest BCUT2D eigenvalue weighted by Gasteiger charge is -2.32. The van der Waals surface area contributed by atoms with Gasteiger partial charge in [0.2, 0.25) is 0 Å². The first-order valence-corrected chi connectivity index (χ1v) is 16.6. The number of rotatable bonds is 20. The molecule has 0 aromatic heterocycles. The van der Waals surface area contributed by atoms with E-state index in [9.17, 15) is 14.4 Å². The predicted octanol–water partition coefficient (Wildman–Crippen LogP) is 9.71. The number of carbonyl (C=O) groups is 1. The fourth-order valence-electron chi connectivity index (χ4n) is 6.49. The van der Waals surface area contributed by atoms with E-state index in [1.807, 2.05) is 18.2 Å². The standard InChI is InChI=1S/C37H53FN2O3.ClH/c1-4-5-6-7-8-9-10-11-12-23-37(29-39,32-17-20-34(42-2)35(28-32)43-3)24-13-14-25-40-26-21-31(22-27-40)36(41)30-15-18-33(38)19-16-30;/h15-20,28,31H,4-14,21-27H2,1-3H3;1H. The molecule has 2 aromatic carbocycles. The normalized spacial score (nSPS) is 15.2. The fraction of sp³-hybridized carbons (Fsp3) is 0.622. The third kappa shape index (κ3) is 11.4. The molecular formula is C37H54ClFN2O3. The summed E-state index contributed by atoms with van der Waals surface area (Å²) in [5.41, 5.74) is 1.08. The lowest BCUT2D eigenvalue weighted by molar-refractivity contribution is 0.0838. The van der Waals surface area contributed by atoms with E-state index in [1.165, 1.54) is 57.1 Å². The van der Waals surface area contributed by atoms with Crippen molar-refractivity contribution in [2.75, 3.05) is 33.9 Å². The number of Topliss-reactive ketones (excluding diaryl/α,β-unsaturated/α-hetero) is 1. The summed E-state index contributed by atoms with van der Waals surface area (Å²) in [4.78, 5) is 15.3. The molecule has 1 saturated heterocycles. The van der Waals surface area contributed by atoms with Gasteiger partial charge in [-0.15, -0.1) is 12.4 Å². The van der Waals surface area contributed by atoms with Crippen molar-refractivity contribution in [3.05, 3.63) is 59.4 Å². The van der Waals surface area contributed by atoms with Gasteiger partial charge in [0.25, 0.3) is 0 Å². The average Bonchev–Trinajstić information content (AvgIpc) is 3.05. The van der Waals surface area contributed by atoms with E-state index in [-0.39, 0.29) is 29.9 Å². The first-order chi connectivity index (χ1) is 21.0. The van der Waals surface area contributed by atoms with E-state index in [4.69, 9.17) is 9.47 Å². The van der Waals surface area contributed by atoms with Crippen molar-refractivity contribution in [2.24, 2.45) is 5.92 Å². The Hall–Kier alpha value is -2.62. The summed E-state index contributed by atoms with van der Waals surface area (Å²) >= 11 is 0. The zero-order chi connectivity index (χ0) is 30.9. The van der Waals surface area contributed by atoms with E-state index >= 15 is 0 Å². The molecule has 1 atom stereocenters. The van der Waals surface area contributed by atoms with Crippen LogP contribution in [0.3, 0.4) is 0 Å². The molecule has 244 valence electrons. The highest BCUT2D eigenvalue weighted by Crippen LogP contribution is 2.39. The second-order valence-electron chi connectivity index (χ2n) is 12.3. The molecule has 0 amide bonds. The molecule has 0 aliphatic carbocycles. The number of likely N-dealkylation sites (tertiary alicyclic amines) is 1. The van der Waals surface area contributed by atoms with Crippen LogP contribution in [0.1, 0.15) is 119 Å². The molecule has 0 spiro atoms. The Morgan fingerprint density at radius 3 is 2.00 bits per heavy atom. The van der Waals surface area contributed by atoms with Gasteiger partial charge in [0.05, 0.1) is 25.7 Å². The number of methoxy groups -OCH3 is 2. The number of ether oxygens (including phenoxy) is 2. The largest absolute Gasteiger partial charge is 0.493 e. The van der Waals surface area contributed by atoms with Gasteiger partial charge >= 0.3 is 0 Å². The van der Waals surface area contributed by atoms with Gasteiger partial charge in [-0.05, 0) is 93.7 Å². The predicted molar refractivity (Wildman–Crippen MR) is 180 cm³/mol. The Balaban J connectivity index is 0.00000675. The van der Waals surface area contributed by atoms with E-state index < -0.39 is 5.41 Å². The van der Waals surface area contributed by atoms with Crippen molar-refractivity contribution in [1.82, 2.24) is 4.90 Å². The number of unbranched alkanes of at least 4 members (excludes halogenated alkanes) is 9. The average molecular weight is 629 g/mol. The smallest absolute Gasteiger partial charge is 0.166 e. The highest BCUT2D eigenvalue weighted by molar-refractivity contribution is 5.97. The van der Waals surface area contributed by atoms with Crippen LogP contribution in [0, 0.1) is 23.1 Å². The number of carbonyl (C=O) groups excluding carboxylic acids is 1. The quantitative estimate of drug-likeness (QED) is 0.108. The molecule has 1 heterocycles. The zero-order valence-electron chi connectivity index (χ0n) is 27.3. The third-order valence-corrected chi connectivity index (χ3v) is 9.27. The van der Waals surface area contributed by atoms with Gasteiger partial charge in [0.1, 0.15) is 5.82 Å². The molecule has 44 heavy (non-hydrogen) atoms. The Bertz CT molecular complexity index is 1140. The summed E-state index contributed by atoms with van der Waals surface area (Å²) in [6, 6.07) is 14.6. The highest BCUT2D eigenvalue weighted by Gasteiger charge is 2.33. The molecule has 1 fully saturated rings. The molecular weight excluding hydrogens is 575 g/mol. The molecule has 1 aliphatic rings. The topological polar surface area (TPSA) is 62.6 Å². The number of hydrogen-bond donors (Lipinski definition) is 0. The Morgan fingerprint density at radius 1 is 0.864 bits per heavy atom. The SMILES string of the molecule is CCCCCCCCCCCC(C#N)(CCCCN1CCC(C(=O)c2ccc(F)cc2)CC1)c1ccc(OC)c(OC)c1.Cl. The van der Waals surface area contributed by atoms with Crippen LogP contribution >= 0.6 is 12.4 Å². The minimum atomic E-state index is -0.546. The molecule has 0 N–H and O–H groups in total. The van der Waals surface area contributed by atoms with Crippen LogP contribution in [0.5, 0.6) is 11.5 Å². The highest BCUT2D eigenvalue weighted by atomic mass is 35.5. The number of halogens is 2. The van der Waals surface area contributed by atoms with Crippen molar-refractivity contribution in [1.29, 1.82) is 5.26 Å². The van der Waals surface area contributed by atoms with Crippen LogP contribution in [-0.2, 0) is 5.41 Å². The third-order valence-electron chi connectivity index (χ3n) is 9.27. The van der Waals surface area contributed by atoms with Gasteiger partial charge in [0, 0.05) is 11.5 Å². The number of nitrogens with zero attached hydrogens (tertiary/aromatic N) is 2. The van der Waals surface area contributed by atoms with Gasteiger partial charge < -0.3 is 14.4 Å². The Morgan fingerprint density at radius 2 is 1.43 bits per heavy atom. The summed E-state index contributed by atoms with van der Waals surface area (Å²) in [5, 5.41) is 10.6. The van der Waals surface area contributed by atoms with Gasteiger partial charge in [0.15, 0.2) is 17.3 Å². The van der Waals surface area contributed by atoms with E-state index in [2.05, 4.69) is 17.9 Å². The zero-order valence-corrected chi connectivity index (χ0v) is 28.1. The summed E-state index contributed by atoms with van der Waals surface area (Å²) in [6.07, 6.45) is 16.7. The molecule has 2 aromatic rings. The number of piperidine rings is 1. The molecule has 1 unspecified atom stereocenters. The number of ketones is 1. The number of benzene rings is 2. The summed E-state index contributed by atoms with van der Waals surface area (Å²) in [5.74, 6) is 1.18. The second kappa shape index (κ2) is 20.4. The van der Waals surface area contributed by atoms with Crippen LogP contribution in [-0.4, -0.2) is 44.5 Å². The van der Waals surface area contributed by atoms with Crippen molar-refractivity contribution >= 4 is 18.2 Å². The molecule has 3 rings (SSSR count). The minimum Gasteiger partial charge on any atom is -0.493 e. The van der Waals surface area contributed by atoms with Gasteiger partial charge in [-0.3, -0.25) is 4.79 Å². The Labute approximate surface area is 271 Å². The van der Waals surface area contributed by atoms with E-state index in [0.717, 1.165) is 76.6 Å². The lowest BCUT2D eigenvalue weighted by Crippen LogP contribution is -2.37.